The normalized spacial score (nSPS) is 19.8. The number of benzene rings is 1. The Morgan fingerprint density at radius 1 is 1.40 bits per heavy atom. The molecule has 20 heavy (non-hydrogen) atoms. The first-order valence-corrected chi connectivity index (χ1v) is 6.99. The van der Waals surface area contributed by atoms with Crippen molar-refractivity contribution in [3.05, 3.63) is 28.0 Å². The number of carbonyl (C=O) groups is 1. The molecule has 0 N–H and O–H groups in total. The molecule has 1 aliphatic heterocycles. The highest BCUT2D eigenvalue weighted by molar-refractivity contribution is 9.10. The summed E-state index contributed by atoms with van der Waals surface area (Å²) in [5, 5.41) is 0. The highest BCUT2D eigenvalue weighted by Gasteiger charge is 2.37. The summed E-state index contributed by atoms with van der Waals surface area (Å²) >= 11 is 8.32. The van der Waals surface area contributed by atoms with E-state index in [0.29, 0.717) is 6.07 Å². The number of alkyl halides is 4. The quantitative estimate of drug-likeness (QED) is 0.561. The van der Waals surface area contributed by atoms with E-state index in [1.54, 1.807) is 0 Å². The maximum absolute atomic E-state index is 13.9. The summed E-state index contributed by atoms with van der Waals surface area (Å²) in [6, 6.07) is 1.37. The lowest BCUT2D eigenvalue weighted by molar-refractivity contribution is -0.138. The first kappa shape index (κ1) is 15.6. The van der Waals surface area contributed by atoms with Crippen molar-refractivity contribution in [2.75, 3.05) is 17.3 Å². The van der Waals surface area contributed by atoms with E-state index in [4.69, 9.17) is 11.6 Å². The molecule has 110 valence electrons. The molecule has 0 bridgehead atoms. The summed E-state index contributed by atoms with van der Waals surface area (Å²) in [5.41, 5.74) is -1.38. The van der Waals surface area contributed by atoms with Crippen molar-refractivity contribution >= 4 is 39.1 Å². The number of carbonyl (C=O) groups excluding carboxylic acids is 1. The average Bonchev–Trinajstić information content (AvgIpc) is 2.69. The van der Waals surface area contributed by atoms with Crippen LogP contribution < -0.4 is 4.90 Å². The Morgan fingerprint density at radius 2 is 2.05 bits per heavy atom. The monoisotopic (exact) mass is 373 g/mol. The third-order valence-corrected chi connectivity index (χ3v) is 4.15. The van der Waals surface area contributed by atoms with Crippen LogP contribution in [-0.4, -0.2) is 18.3 Å². The Labute approximate surface area is 125 Å². The zero-order chi connectivity index (χ0) is 15.1. The van der Waals surface area contributed by atoms with Gasteiger partial charge in [-0.3, -0.25) is 4.79 Å². The predicted octanol–water partition coefficient (Wildman–Crippen LogP) is 4.20. The zero-order valence-electron chi connectivity index (χ0n) is 9.98. The molecule has 1 fully saturated rings. The van der Waals surface area contributed by atoms with Crippen molar-refractivity contribution in [2.45, 2.75) is 12.6 Å². The van der Waals surface area contributed by atoms with Crippen molar-refractivity contribution in [3.63, 3.8) is 0 Å². The highest BCUT2D eigenvalue weighted by atomic mass is 79.9. The van der Waals surface area contributed by atoms with E-state index >= 15 is 0 Å². The smallest absolute Gasteiger partial charge is 0.309 e. The van der Waals surface area contributed by atoms with Crippen LogP contribution >= 0.6 is 27.5 Å². The van der Waals surface area contributed by atoms with Crippen LogP contribution in [0.1, 0.15) is 12.0 Å². The summed E-state index contributed by atoms with van der Waals surface area (Å²) in [6.45, 7) is 0.123. The molecule has 0 aliphatic carbocycles. The Hall–Kier alpha value is -0.820. The molecule has 1 heterocycles. The van der Waals surface area contributed by atoms with Crippen LogP contribution in [0, 0.1) is 11.7 Å². The fourth-order valence-electron chi connectivity index (χ4n) is 2.08. The van der Waals surface area contributed by atoms with Gasteiger partial charge in [0.1, 0.15) is 5.82 Å². The largest absolute Gasteiger partial charge is 0.417 e. The van der Waals surface area contributed by atoms with Gasteiger partial charge in [-0.2, -0.15) is 13.2 Å². The van der Waals surface area contributed by atoms with Gasteiger partial charge in [0.25, 0.3) is 0 Å². The number of nitrogens with zero attached hydrogens (tertiary/aromatic N) is 1. The van der Waals surface area contributed by atoms with E-state index in [1.807, 2.05) is 0 Å². The molecular formula is C12H9BrClF4NO. The van der Waals surface area contributed by atoms with Gasteiger partial charge in [-0.25, -0.2) is 4.39 Å². The van der Waals surface area contributed by atoms with Gasteiger partial charge in [0.15, 0.2) is 0 Å². The van der Waals surface area contributed by atoms with Crippen molar-refractivity contribution in [3.8, 4) is 0 Å². The molecule has 1 saturated heterocycles. The second-order valence-electron chi connectivity index (χ2n) is 4.51. The first-order chi connectivity index (χ1) is 9.24. The van der Waals surface area contributed by atoms with Crippen molar-refractivity contribution in [2.24, 2.45) is 5.92 Å². The molecule has 1 aromatic rings. The van der Waals surface area contributed by atoms with Crippen LogP contribution in [0.4, 0.5) is 23.2 Å². The third kappa shape index (κ3) is 2.93. The van der Waals surface area contributed by atoms with Crippen LogP contribution in [0.15, 0.2) is 16.6 Å². The fraction of sp³-hybridized carbons (Fsp3) is 0.417. The Bertz CT molecular complexity index is 549. The standard InChI is InChI=1S/C12H9BrClF4NO/c13-8-3-9(15)10(2-7(8)12(16,17)18)19-5-6(4-14)1-11(19)20/h2-3,6H,1,4-5H2. The number of rotatable bonds is 2. The van der Waals surface area contributed by atoms with Gasteiger partial charge >= 0.3 is 6.18 Å². The average molecular weight is 375 g/mol. The van der Waals surface area contributed by atoms with Crippen LogP contribution in [0.3, 0.4) is 0 Å². The summed E-state index contributed by atoms with van der Waals surface area (Å²) in [6.07, 6.45) is -4.52. The Balaban J connectivity index is 2.45. The lowest BCUT2D eigenvalue weighted by Gasteiger charge is -2.20. The van der Waals surface area contributed by atoms with Crippen LogP contribution in [0.25, 0.3) is 0 Å². The molecule has 1 atom stereocenters. The lowest BCUT2D eigenvalue weighted by atomic mass is 10.1. The van der Waals surface area contributed by atoms with Gasteiger partial charge in [0.2, 0.25) is 5.91 Å². The van der Waals surface area contributed by atoms with Gasteiger partial charge in [-0.05, 0) is 18.1 Å². The number of hydrogen-bond acceptors (Lipinski definition) is 1. The molecule has 0 saturated carbocycles. The SMILES string of the molecule is O=C1CC(CCl)CN1c1cc(C(F)(F)F)c(Br)cc1F. The first-order valence-electron chi connectivity index (χ1n) is 5.66. The Morgan fingerprint density at radius 3 is 2.55 bits per heavy atom. The zero-order valence-corrected chi connectivity index (χ0v) is 12.3. The van der Waals surface area contributed by atoms with Crippen molar-refractivity contribution in [1.29, 1.82) is 0 Å². The highest BCUT2D eigenvalue weighted by Crippen LogP contribution is 2.39. The van der Waals surface area contributed by atoms with Gasteiger partial charge in [-0.15, -0.1) is 11.6 Å². The van der Waals surface area contributed by atoms with Crippen molar-refractivity contribution in [1.82, 2.24) is 0 Å². The van der Waals surface area contributed by atoms with Gasteiger partial charge < -0.3 is 4.90 Å². The minimum absolute atomic E-state index is 0.111. The van der Waals surface area contributed by atoms with E-state index in [0.717, 1.165) is 11.0 Å². The van der Waals surface area contributed by atoms with E-state index in [-0.39, 0.29) is 30.5 Å². The third-order valence-electron chi connectivity index (χ3n) is 3.06. The van der Waals surface area contributed by atoms with E-state index < -0.39 is 27.9 Å². The van der Waals surface area contributed by atoms with Gasteiger partial charge in [0, 0.05) is 23.3 Å². The fourth-order valence-corrected chi connectivity index (χ4v) is 2.83. The maximum Gasteiger partial charge on any atom is 0.417 e. The number of amides is 1. The molecule has 0 spiro atoms. The molecular weight excluding hydrogens is 365 g/mol. The molecule has 2 rings (SSSR count). The molecule has 0 aromatic heterocycles. The molecule has 2 nitrogen and oxygen atoms in total. The molecule has 1 unspecified atom stereocenters. The summed E-state index contributed by atoms with van der Waals surface area (Å²) in [7, 11) is 0. The molecule has 1 aromatic carbocycles. The van der Waals surface area contributed by atoms with Gasteiger partial charge in [0.05, 0.1) is 11.3 Å². The lowest BCUT2D eigenvalue weighted by Crippen LogP contribution is -2.26. The second kappa shape index (κ2) is 5.52. The number of hydrogen-bond donors (Lipinski definition) is 0. The molecule has 1 aliphatic rings. The Kier molecular flexibility index (Phi) is 4.30. The maximum atomic E-state index is 13.9. The van der Waals surface area contributed by atoms with Crippen LogP contribution in [0.5, 0.6) is 0 Å². The summed E-state index contributed by atoms with van der Waals surface area (Å²) in [5.74, 6) is -1.29. The minimum Gasteiger partial charge on any atom is -0.309 e. The van der Waals surface area contributed by atoms with E-state index in [2.05, 4.69) is 15.9 Å². The molecule has 0 radical (unpaired) electrons. The molecule has 8 heteroatoms. The van der Waals surface area contributed by atoms with Crippen LogP contribution in [-0.2, 0) is 11.0 Å². The minimum atomic E-state index is -4.63. The van der Waals surface area contributed by atoms with Gasteiger partial charge in [-0.1, -0.05) is 15.9 Å². The number of halogens is 6. The van der Waals surface area contributed by atoms with E-state index in [1.165, 1.54) is 0 Å². The van der Waals surface area contributed by atoms with Crippen LogP contribution in [0.2, 0.25) is 0 Å². The predicted molar refractivity (Wildman–Crippen MR) is 70.3 cm³/mol. The molecule has 1 amide bonds. The summed E-state index contributed by atoms with van der Waals surface area (Å²) < 4.78 is 51.9. The summed E-state index contributed by atoms with van der Waals surface area (Å²) in [4.78, 5) is 12.8. The second-order valence-corrected chi connectivity index (χ2v) is 5.67. The topological polar surface area (TPSA) is 20.3 Å². The van der Waals surface area contributed by atoms with Crippen molar-refractivity contribution < 1.29 is 22.4 Å². The van der Waals surface area contributed by atoms with E-state index in [9.17, 15) is 22.4 Å². The number of anilines is 1.